The SMILES string of the molecule is COC(=O)C1(C)CCC2(C(=O)O)CCC3(C)C(=CCC4C5(C)CCC(=O)C(C)C5CCC43C)C2C1. The van der Waals surface area contributed by atoms with Crippen LogP contribution in [0.15, 0.2) is 11.6 Å². The van der Waals surface area contributed by atoms with Crippen molar-refractivity contribution in [2.45, 2.75) is 98.8 Å². The van der Waals surface area contributed by atoms with E-state index in [0.717, 1.165) is 32.1 Å². The van der Waals surface area contributed by atoms with Gasteiger partial charge in [0.2, 0.25) is 0 Å². The molecule has 5 nitrogen and oxygen atoms in total. The maximum absolute atomic E-state index is 12.8. The molecule has 0 aliphatic heterocycles. The first-order chi connectivity index (χ1) is 16.3. The second kappa shape index (κ2) is 7.68. The van der Waals surface area contributed by atoms with Crippen LogP contribution < -0.4 is 0 Å². The number of carbonyl (C=O) groups is 3. The van der Waals surface area contributed by atoms with Crippen LogP contribution >= 0.6 is 0 Å². The van der Waals surface area contributed by atoms with Crippen molar-refractivity contribution in [3.8, 4) is 0 Å². The van der Waals surface area contributed by atoms with Gasteiger partial charge in [0.25, 0.3) is 0 Å². The highest BCUT2D eigenvalue weighted by molar-refractivity contribution is 5.82. The van der Waals surface area contributed by atoms with E-state index in [1.165, 1.54) is 12.7 Å². The summed E-state index contributed by atoms with van der Waals surface area (Å²) in [6, 6.07) is 0. The van der Waals surface area contributed by atoms with Gasteiger partial charge in [-0.3, -0.25) is 14.4 Å². The number of methoxy groups -OCH3 is 1. The number of fused-ring (bicyclic) bond motifs is 7. The van der Waals surface area contributed by atoms with Gasteiger partial charge in [-0.05, 0) is 98.7 Å². The van der Waals surface area contributed by atoms with Crippen LogP contribution in [0.4, 0.5) is 0 Å². The normalized spacial score (nSPS) is 51.1. The lowest BCUT2D eigenvalue weighted by atomic mass is 9.34. The summed E-state index contributed by atoms with van der Waals surface area (Å²) in [6.45, 7) is 11.4. The summed E-state index contributed by atoms with van der Waals surface area (Å²) < 4.78 is 5.19. The average Bonchev–Trinajstić information content (AvgIpc) is 2.81. The average molecular weight is 485 g/mol. The van der Waals surface area contributed by atoms with Crippen LogP contribution in [0.5, 0.6) is 0 Å². The number of ether oxygens (including phenoxy) is 1. The standard InChI is InChI=1S/C30H44O5/c1-18-19-9-12-29(5)23(27(19,3)11-10-22(18)31)8-7-20-21-17-26(2,25(34)35-6)13-15-30(21,24(32)33)16-14-28(20,29)4/h7,18-19,21,23H,8-17H2,1-6H3,(H,32,33). The molecule has 0 heterocycles. The molecule has 35 heavy (non-hydrogen) atoms. The molecule has 0 amide bonds. The number of carbonyl (C=O) groups excluding carboxylic acids is 2. The summed E-state index contributed by atoms with van der Waals surface area (Å²) in [6.07, 6.45) is 10.4. The zero-order valence-electron chi connectivity index (χ0n) is 22.5. The number of carboxylic acid groups (broad SMARTS) is 1. The molecular weight excluding hydrogens is 440 g/mol. The third kappa shape index (κ3) is 3.02. The molecule has 1 N–H and O–H groups in total. The van der Waals surface area contributed by atoms with Crippen molar-refractivity contribution in [1.29, 1.82) is 0 Å². The van der Waals surface area contributed by atoms with Gasteiger partial charge in [-0.2, -0.15) is 0 Å². The van der Waals surface area contributed by atoms with E-state index in [0.29, 0.717) is 49.7 Å². The predicted octanol–water partition coefficient (Wildman–Crippen LogP) is 6.20. The van der Waals surface area contributed by atoms with E-state index in [1.807, 2.05) is 6.92 Å². The van der Waals surface area contributed by atoms with Crippen LogP contribution in [0.3, 0.4) is 0 Å². The number of rotatable bonds is 2. The summed E-state index contributed by atoms with van der Waals surface area (Å²) >= 11 is 0. The molecule has 4 fully saturated rings. The van der Waals surface area contributed by atoms with Crippen LogP contribution in [-0.2, 0) is 19.1 Å². The fraction of sp³-hybridized carbons (Fsp3) is 0.833. The van der Waals surface area contributed by atoms with Gasteiger partial charge in [0.1, 0.15) is 5.78 Å². The fourth-order valence-corrected chi connectivity index (χ4v) is 10.3. The number of hydrogen-bond donors (Lipinski definition) is 1. The maximum Gasteiger partial charge on any atom is 0.311 e. The van der Waals surface area contributed by atoms with Crippen molar-refractivity contribution in [3.63, 3.8) is 0 Å². The lowest BCUT2D eigenvalue weighted by Gasteiger charge is -2.69. The number of Topliss-reactive ketones (excluding diaryl/α,β-unsaturated/α-hetero) is 1. The van der Waals surface area contributed by atoms with E-state index in [9.17, 15) is 19.5 Å². The summed E-state index contributed by atoms with van der Waals surface area (Å²) in [7, 11) is 1.44. The molecule has 0 bridgehead atoms. The van der Waals surface area contributed by atoms with E-state index >= 15 is 0 Å². The molecule has 5 heteroatoms. The Labute approximate surface area is 210 Å². The first kappa shape index (κ1) is 25.0. The quantitative estimate of drug-likeness (QED) is 0.372. The summed E-state index contributed by atoms with van der Waals surface area (Å²) in [5.41, 5.74) is -0.00680. The molecule has 194 valence electrons. The highest BCUT2D eigenvalue weighted by Gasteiger charge is 2.68. The molecule has 4 saturated carbocycles. The van der Waals surface area contributed by atoms with Gasteiger partial charge in [0, 0.05) is 12.3 Å². The third-order valence-electron chi connectivity index (χ3n) is 12.9. The van der Waals surface area contributed by atoms with Gasteiger partial charge >= 0.3 is 11.9 Å². The van der Waals surface area contributed by atoms with Crippen molar-refractivity contribution in [1.82, 2.24) is 0 Å². The topological polar surface area (TPSA) is 80.7 Å². The minimum atomic E-state index is -0.783. The van der Waals surface area contributed by atoms with Gasteiger partial charge in [-0.15, -0.1) is 0 Å². The number of esters is 1. The van der Waals surface area contributed by atoms with E-state index in [2.05, 4.69) is 33.8 Å². The number of allylic oxidation sites excluding steroid dienone is 2. The lowest BCUT2D eigenvalue weighted by molar-refractivity contribution is -0.184. The van der Waals surface area contributed by atoms with Gasteiger partial charge in [-0.25, -0.2) is 0 Å². The van der Waals surface area contributed by atoms with Crippen LogP contribution in [-0.4, -0.2) is 29.9 Å². The monoisotopic (exact) mass is 484 g/mol. The van der Waals surface area contributed by atoms with Crippen molar-refractivity contribution in [2.24, 2.45) is 50.7 Å². The predicted molar refractivity (Wildman–Crippen MR) is 133 cm³/mol. The first-order valence-electron chi connectivity index (χ1n) is 13.8. The number of ketones is 1. The van der Waals surface area contributed by atoms with Crippen molar-refractivity contribution in [3.05, 3.63) is 11.6 Å². The van der Waals surface area contributed by atoms with Crippen molar-refractivity contribution < 1.29 is 24.2 Å². The van der Waals surface area contributed by atoms with Gasteiger partial charge in [0.15, 0.2) is 0 Å². The Balaban J connectivity index is 1.59. The molecule has 5 aliphatic rings. The molecule has 0 saturated heterocycles. The summed E-state index contributed by atoms with van der Waals surface area (Å²) in [5.74, 6) is 0.472. The minimum absolute atomic E-state index is 0.0617. The molecule has 0 spiro atoms. The molecule has 9 unspecified atom stereocenters. The third-order valence-corrected chi connectivity index (χ3v) is 12.9. The Morgan fingerprint density at radius 3 is 2.37 bits per heavy atom. The van der Waals surface area contributed by atoms with E-state index in [1.54, 1.807) is 0 Å². The van der Waals surface area contributed by atoms with Crippen molar-refractivity contribution >= 4 is 17.7 Å². The van der Waals surface area contributed by atoms with Gasteiger partial charge < -0.3 is 9.84 Å². The van der Waals surface area contributed by atoms with Crippen LogP contribution in [0.1, 0.15) is 98.8 Å². The highest BCUT2D eigenvalue weighted by Crippen LogP contribution is 2.74. The van der Waals surface area contributed by atoms with Crippen LogP contribution in [0, 0.1) is 50.7 Å². The molecule has 5 rings (SSSR count). The fourth-order valence-electron chi connectivity index (χ4n) is 10.3. The Bertz CT molecular complexity index is 999. The Kier molecular flexibility index (Phi) is 5.49. The van der Waals surface area contributed by atoms with E-state index in [-0.39, 0.29) is 34.1 Å². The first-order valence-corrected chi connectivity index (χ1v) is 13.8. The molecule has 0 radical (unpaired) electrons. The highest BCUT2D eigenvalue weighted by atomic mass is 16.5. The molecule has 5 aliphatic carbocycles. The van der Waals surface area contributed by atoms with Crippen LogP contribution in [0.2, 0.25) is 0 Å². The molecule has 9 atom stereocenters. The van der Waals surface area contributed by atoms with E-state index in [4.69, 9.17) is 4.74 Å². The lowest BCUT2D eigenvalue weighted by Crippen LogP contribution is -2.63. The molecule has 0 aromatic carbocycles. The maximum atomic E-state index is 12.8. The molecular formula is C30H44O5. The Morgan fingerprint density at radius 1 is 1.03 bits per heavy atom. The van der Waals surface area contributed by atoms with Crippen LogP contribution in [0.25, 0.3) is 0 Å². The molecule has 0 aromatic rings. The van der Waals surface area contributed by atoms with Gasteiger partial charge in [0.05, 0.1) is 17.9 Å². The number of hydrogen-bond acceptors (Lipinski definition) is 4. The second-order valence-corrected chi connectivity index (χ2v) is 13.9. The second-order valence-electron chi connectivity index (χ2n) is 13.9. The zero-order chi connectivity index (χ0) is 25.6. The largest absolute Gasteiger partial charge is 0.481 e. The Hall–Kier alpha value is -1.65. The Morgan fingerprint density at radius 2 is 1.71 bits per heavy atom. The zero-order valence-corrected chi connectivity index (χ0v) is 22.5. The minimum Gasteiger partial charge on any atom is -0.481 e. The number of aliphatic carboxylic acids is 1. The number of carboxylic acids is 1. The van der Waals surface area contributed by atoms with Crippen molar-refractivity contribution in [2.75, 3.05) is 7.11 Å². The van der Waals surface area contributed by atoms with E-state index < -0.39 is 16.8 Å². The summed E-state index contributed by atoms with van der Waals surface area (Å²) in [5, 5.41) is 10.5. The van der Waals surface area contributed by atoms with Gasteiger partial charge in [-0.1, -0.05) is 39.3 Å². The molecule has 0 aromatic heterocycles. The summed E-state index contributed by atoms with van der Waals surface area (Å²) in [4.78, 5) is 38.3. The smallest absolute Gasteiger partial charge is 0.311 e.